The molecule has 15 heavy (non-hydrogen) atoms. The minimum atomic E-state index is 0.337. The lowest BCUT2D eigenvalue weighted by molar-refractivity contribution is 0.0598. The lowest BCUT2D eigenvalue weighted by Crippen LogP contribution is -2.52. The van der Waals surface area contributed by atoms with E-state index in [1.54, 1.807) is 0 Å². The average Bonchev–Trinajstić information content (AvgIpc) is 2.68. The molecule has 2 heterocycles. The molecule has 1 aliphatic carbocycles. The largest absolute Gasteiger partial charge is 0.287 e. The molecule has 0 radical (unpaired) electrons. The van der Waals surface area contributed by atoms with E-state index in [4.69, 9.17) is 0 Å². The first kappa shape index (κ1) is 9.89. The zero-order chi connectivity index (χ0) is 10.9. The van der Waals surface area contributed by atoms with E-state index < -0.39 is 0 Å². The number of hydrogen-bond acceptors (Lipinski definition) is 1. The molecule has 0 aromatic carbocycles. The normalized spacial score (nSPS) is 38.7. The van der Waals surface area contributed by atoms with Crippen LogP contribution in [0.1, 0.15) is 52.9 Å². The number of nitrogens with zero attached hydrogens (tertiary/aromatic N) is 1. The third kappa shape index (κ3) is 0.982. The highest BCUT2D eigenvalue weighted by molar-refractivity contribution is 5.34. The Labute approximate surface area is 93.5 Å². The van der Waals surface area contributed by atoms with Gasteiger partial charge >= 0.3 is 0 Å². The van der Waals surface area contributed by atoms with Gasteiger partial charge in [0.05, 0.1) is 0 Å². The Morgan fingerprint density at radius 3 is 2.27 bits per heavy atom. The molecule has 1 saturated carbocycles. The van der Waals surface area contributed by atoms with Crippen LogP contribution in [0.2, 0.25) is 0 Å². The van der Waals surface area contributed by atoms with Gasteiger partial charge in [0, 0.05) is 17.6 Å². The molecule has 1 atom stereocenters. The van der Waals surface area contributed by atoms with Gasteiger partial charge in [-0.3, -0.25) is 4.90 Å². The van der Waals surface area contributed by atoms with E-state index in [1.165, 1.54) is 44.2 Å². The van der Waals surface area contributed by atoms with Crippen LogP contribution in [0.25, 0.3) is 0 Å². The molecule has 0 amide bonds. The molecule has 2 aliphatic heterocycles. The molecule has 2 saturated heterocycles. The Hall–Kier alpha value is -0.300. The maximum absolute atomic E-state index is 4.39. The summed E-state index contributed by atoms with van der Waals surface area (Å²) in [5.74, 6) is 0. The maximum Gasteiger partial charge on any atom is 0.0472 e. The summed E-state index contributed by atoms with van der Waals surface area (Å²) in [6.45, 7) is 12.9. The molecule has 1 heteroatoms. The van der Waals surface area contributed by atoms with Gasteiger partial charge in [0.2, 0.25) is 0 Å². The summed E-state index contributed by atoms with van der Waals surface area (Å²) in [7, 11) is 0. The van der Waals surface area contributed by atoms with Crippen molar-refractivity contribution in [3.8, 4) is 0 Å². The second kappa shape index (κ2) is 2.51. The Bertz CT molecular complexity index is 319. The van der Waals surface area contributed by atoms with E-state index in [1.807, 2.05) is 0 Å². The van der Waals surface area contributed by atoms with Gasteiger partial charge in [-0.15, -0.1) is 0 Å². The summed E-state index contributed by atoms with van der Waals surface area (Å²) >= 11 is 0. The third-order valence-corrected chi connectivity index (χ3v) is 5.28. The van der Waals surface area contributed by atoms with Crippen molar-refractivity contribution in [2.24, 2.45) is 5.41 Å². The van der Waals surface area contributed by atoms with E-state index in [2.05, 4.69) is 32.3 Å². The lowest BCUT2D eigenvalue weighted by atomic mass is 9.69. The summed E-state index contributed by atoms with van der Waals surface area (Å²) in [6, 6.07) is 0. The first-order valence-corrected chi connectivity index (χ1v) is 6.38. The fourth-order valence-electron chi connectivity index (χ4n) is 4.31. The van der Waals surface area contributed by atoms with Crippen LogP contribution < -0.4 is 0 Å². The molecule has 0 aromatic heterocycles. The number of rotatable bonds is 0. The van der Waals surface area contributed by atoms with Crippen molar-refractivity contribution in [3.63, 3.8) is 0 Å². The van der Waals surface area contributed by atoms with Crippen LogP contribution in [-0.2, 0) is 0 Å². The maximum atomic E-state index is 4.39. The zero-order valence-corrected chi connectivity index (χ0v) is 10.4. The molecule has 0 aromatic rings. The van der Waals surface area contributed by atoms with Crippen molar-refractivity contribution in [2.75, 3.05) is 6.54 Å². The Morgan fingerprint density at radius 2 is 1.73 bits per heavy atom. The molecule has 1 spiro atoms. The molecule has 3 fully saturated rings. The van der Waals surface area contributed by atoms with Crippen molar-refractivity contribution in [3.05, 3.63) is 12.2 Å². The topological polar surface area (TPSA) is 3.24 Å². The molecular weight excluding hydrogens is 182 g/mol. The van der Waals surface area contributed by atoms with Crippen molar-refractivity contribution in [1.82, 2.24) is 4.90 Å². The van der Waals surface area contributed by atoms with Crippen LogP contribution in [0.15, 0.2) is 12.2 Å². The minimum absolute atomic E-state index is 0.337. The van der Waals surface area contributed by atoms with Gasteiger partial charge in [-0.2, -0.15) is 0 Å². The molecule has 3 rings (SSSR count). The van der Waals surface area contributed by atoms with Crippen LogP contribution >= 0.6 is 0 Å². The summed E-state index contributed by atoms with van der Waals surface area (Å²) in [5.41, 5.74) is 2.82. The predicted molar refractivity (Wildman–Crippen MR) is 63.8 cm³/mol. The van der Waals surface area contributed by atoms with Gasteiger partial charge < -0.3 is 0 Å². The summed E-state index contributed by atoms with van der Waals surface area (Å²) in [4.78, 5) is 2.84. The van der Waals surface area contributed by atoms with Crippen molar-refractivity contribution in [2.45, 2.75) is 64.0 Å². The van der Waals surface area contributed by atoms with Crippen molar-refractivity contribution in [1.29, 1.82) is 0 Å². The van der Waals surface area contributed by atoms with Crippen LogP contribution in [-0.4, -0.2) is 22.5 Å². The van der Waals surface area contributed by atoms with E-state index >= 15 is 0 Å². The first-order valence-electron chi connectivity index (χ1n) is 6.38. The van der Waals surface area contributed by atoms with Crippen molar-refractivity contribution < 1.29 is 0 Å². The number of hydrogen-bond donors (Lipinski definition) is 0. The second-order valence-electron chi connectivity index (χ2n) is 6.84. The van der Waals surface area contributed by atoms with E-state index in [0.717, 1.165) is 0 Å². The Kier molecular flexibility index (Phi) is 1.65. The van der Waals surface area contributed by atoms with Crippen molar-refractivity contribution >= 4 is 0 Å². The minimum Gasteiger partial charge on any atom is -0.287 e. The van der Waals surface area contributed by atoms with Crippen LogP contribution in [0.4, 0.5) is 0 Å². The van der Waals surface area contributed by atoms with Gasteiger partial charge in [-0.1, -0.05) is 32.9 Å². The van der Waals surface area contributed by atoms with Crippen LogP contribution in [0.3, 0.4) is 0 Å². The van der Waals surface area contributed by atoms with E-state index in [0.29, 0.717) is 16.5 Å². The van der Waals surface area contributed by atoms with Gasteiger partial charge in [0.1, 0.15) is 0 Å². The third-order valence-electron chi connectivity index (χ3n) is 5.28. The SMILES string of the molecule is C=C1CCN2C3(CC3)CCC12C(C)(C)C. The molecule has 1 nitrogen and oxygen atoms in total. The van der Waals surface area contributed by atoms with Crippen LogP contribution in [0.5, 0.6) is 0 Å². The Balaban J connectivity index is 2.07. The van der Waals surface area contributed by atoms with E-state index in [-0.39, 0.29) is 0 Å². The fourth-order valence-corrected chi connectivity index (χ4v) is 4.31. The molecule has 84 valence electrons. The second-order valence-corrected chi connectivity index (χ2v) is 6.84. The standard InChI is InChI=1S/C14H23N/c1-11-5-10-15-13(6-7-13)8-9-14(11,15)12(2,3)4/h1,5-10H2,2-4H3. The molecule has 1 unspecified atom stereocenters. The highest BCUT2D eigenvalue weighted by atomic mass is 15.3. The predicted octanol–water partition coefficient (Wildman–Crippen LogP) is 3.36. The lowest BCUT2D eigenvalue weighted by Gasteiger charge is -2.46. The number of fused-ring (bicyclic) bond motifs is 2. The smallest absolute Gasteiger partial charge is 0.0472 e. The highest BCUT2D eigenvalue weighted by Gasteiger charge is 2.66. The van der Waals surface area contributed by atoms with E-state index in [9.17, 15) is 0 Å². The summed E-state index contributed by atoms with van der Waals surface area (Å²) < 4.78 is 0. The van der Waals surface area contributed by atoms with Gasteiger partial charge in [0.25, 0.3) is 0 Å². The Morgan fingerprint density at radius 1 is 1.13 bits per heavy atom. The average molecular weight is 205 g/mol. The monoisotopic (exact) mass is 205 g/mol. The fraction of sp³-hybridized carbons (Fsp3) is 0.857. The first-order chi connectivity index (χ1) is 6.92. The van der Waals surface area contributed by atoms with Gasteiger partial charge in [-0.25, -0.2) is 0 Å². The zero-order valence-electron chi connectivity index (χ0n) is 10.4. The van der Waals surface area contributed by atoms with Gasteiger partial charge in [-0.05, 0) is 37.5 Å². The molecule has 0 N–H and O–H groups in total. The molecular formula is C14H23N. The van der Waals surface area contributed by atoms with Gasteiger partial charge in [0.15, 0.2) is 0 Å². The quantitative estimate of drug-likeness (QED) is 0.548. The molecule has 0 bridgehead atoms. The van der Waals surface area contributed by atoms with Crippen LogP contribution in [0, 0.1) is 5.41 Å². The highest BCUT2D eigenvalue weighted by Crippen LogP contribution is 2.64. The molecule has 3 aliphatic rings. The summed E-state index contributed by atoms with van der Waals surface area (Å²) in [6.07, 6.45) is 6.90. The summed E-state index contributed by atoms with van der Waals surface area (Å²) in [5, 5.41) is 0.